The smallest absolute Gasteiger partial charge is 0.363 e. The van der Waals surface area contributed by atoms with Crippen LogP contribution in [0.5, 0.6) is 5.75 Å². The van der Waals surface area contributed by atoms with E-state index in [0.29, 0.717) is 11.7 Å². The fourth-order valence-corrected chi connectivity index (χ4v) is 4.48. The van der Waals surface area contributed by atoms with Gasteiger partial charge in [0.15, 0.2) is 12.4 Å². The lowest BCUT2D eigenvalue weighted by Crippen LogP contribution is -2.46. The van der Waals surface area contributed by atoms with E-state index in [1.807, 2.05) is 35.2 Å². The van der Waals surface area contributed by atoms with Gasteiger partial charge in [-0.05, 0) is 36.8 Å². The number of carbonyl (C=O) groups is 2. The molecule has 1 amide bonds. The van der Waals surface area contributed by atoms with Crippen LogP contribution in [0.15, 0.2) is 36.5 Å². The van der Waals surface area contributed by atoms with Gasteiger partial charge in [-0.25, -0.2) is 9.48 Å². The van der Waals surface area contributed by atoms with E-state index in [-0.39, 0.29) is 18.2 Å². The first-order valence-corrected chi connectivity index (χ1v) is 10.3. The third kappa shape index (κ3) is 4.28. The van der Waals surface area contributed by atoms with Crippen LogP contribution in [0.25, 0.3) is 5.69 Å². The Morgan fingerprint density at radius 3 is 2.62 bits per heavy atom. The minimum absolute atomic E-state index is 0.0649. The molecule has 2 heterocycles. The summed E-state index contributed by atoms with van der Waals surface area (Å²) in [6.07, 6.45) is 7.72. The Labute approximate surface area is 170 Å². The summed E-state index contributed by atoms with van der Waals surface area (Å²) < 4.78 is 12.1. The molecule has 2 fully saturated rings. The lowest BCUT2D eigenvalue weighted by molar-refractivity contribution is -0.137. The number of aromatic nitrogens is 2. The van der Waals surface area contributed by atoms with Crippen molar-refractivity contribution in [2.75, 3.05) is 26.8 Å². The van der Waals surface area contributed by atoms with E-state index in [2.05, 4.69) is 5.10 Å². The number of methoxy groups -OCH3 is 1. The number of ether oxygens (including phenoxy) is 2. The Kier molecular flexibility index (Phi) is 5.83. The molecule has 7 heteroatoms. The molecule has 2 aliphatic rings. The number of piperidine rings is 1. The Bertz CT molecular complexity index is 864. The number of benzene rings is 1. The largest absolute Gasteiger partial charge is 0.493 e. The molecule has 1 saturated heterocycles. The standard InChI is InChI=1S/C22H27N3O4/c1-28-19-14-25(18-9-3-2-4-10-18)23-21(19)22(27)29-15-20(26)24-12-11-16-7-5-6-8-17(16)13-24/h2-4,9-10,14,16-17H,5-8,11-13,15H2,1H3/t16-,17-/m0/s1. The molecule has 7 nitrogen and oxygen atoms in total. The SMILES string of the molecule is COc1cn(-c2ccccc2)nc1C(=O)OCC(=O)N1CC[C@@H]2CCCC[C@H]2C1. The van der Waals surface area contributed by atoms with Gasteiger partial charge in [0, 0.05) is 13.1 Å². The molecule has 0 spiro atoms. The van der Waals surface area contributed by atoms with Crippen molar-refractivity contribution < 1.29 is 19.1 Å². The van der Waals surface area contributed by atoms with Gasteiger partial charge in [0.25, 0.3) is 5.91 Å². The van der Waals surface area contributed by atoms with Gasteiger partial charge in [-0.1, -0.05) is 37.5 Å². The minimum Gasteiger partial charge on any atom is -0.493 e. The quantitative estimate of drug-likeness (QED) is 0.725. The van der Waals surface area contributed by atoms with Gasteiger partial charge in [-0.15, -0.1) is 0 Å². The van der Waals surface area contributed by atoms with Crippen molar-refractivity contribution in [2.45, 2.75) is 32.1 Å². The number of carbonyl (C=O) groups excluding carboxylic acids is 2. The second kappa shape index (κ2) is 8.68. The van der Waals surface area contributed by atoms with Crippen LogP contribution in [0, 0.1) is 11.8 Å². The Morgan fingerprint density at radius 1 is 1.10 bits per heavy atom. The summed E-state index contributed by atoms with van der Waals surface area (Å²) in [5, 5.41) is 4.29. The van der Waals surface area contributed by atoms with E-state index in [4.69, 9.17) is 9.47 Å². The minimum atomic E-state index is -0.655. The van der Waals surface area contributed by atoms with Crippen LogP contribution in [-0.4, -0.2) is 53.4 Å². The van der Waals surface area contributed by atoms with Gasteiger partial charge >= 0.3 is 5.97 Å². The van der Waals surface area contributed by atoms with Gasteiger partial charge < -0.3 is 14.4 Å². The average Bonchev–Trinajstić information content (AvgIpc) is 3.22. The molecule has 29 heavy (non-hydrogen) atoms. The van der Waals surface area contributed by atoms with E-state index in [9.17, 15) is 9.59 Å². The molecule has 1 aliphatic heterocycles. The van der Waals surface area contributed by atoms with Gasteiger partial charge in [0.1, 0.15) is 0 Å². The molecule has 0 N–H and O–H groups in total. The van der Waals surface area contributed by atoms with E-state index >= 15 is 0 Å². The highest BCUT2D eigenvalue weighted by molar-refractivity contribution is 5.92. The molecule has 2 atom stereocenters. The van der Waals surface area contributed by atoms with Crippen LogP contribution in [0.4, 0.5) is 0 Å². The van der Waals surface area contributed by atoms with Crippen LogP contribution in [-0.2, 0) is 9.53 Å². The fourth-order valence-electron chi connectivity index (χ4n) is 4.48. The first-order valence-electron chi connectivity index (χ1n) is 10.3. The maximum absolute atomic E-state index is 12.6. The highest BCUT2D eigenvalue weighted by Crippen LogP contribution is 2.36. The van der Waals surface area contributed by atoms with Crippen molar-refractivity contribution >= 4 is 11.9 Å². The molecular weight excluding hydrogens is 370 g/mol. The molecule has 0 radical (unpaired) electrons. The summed E-state index contributed by atoms with van der Waals surface area (Å²) in [4.78, 5) is 27.0. The molecule has 0 bridgehead atoms. The van der Waals surface area contributed by atoms with Crippen LogP contribution < -0.4 is 4.74 Å². The maximum atomic E-state index is 12.6. The first-order chi connectivity index (χ1) is 14.2. The number of para-hydroxylation sites is 1. The van der Waals surface area contributed by atoms with E-state index in [1.54, 1.807) is 10.9 Å². The number of esters is 1. The van der Waals surface area contributed by atoms with Crippen molar-refractivity contribution in [3.8, 4) is 11.4 Å². The van der Waals surface area contributed by atoms with Crippen LogP contribution in [0.1, 0.15) is 42.6 Å². The molecule has 4 rings (SSSR count). The zero-order valence-corrected chi connectivity index (χ0v) is 16.8. The van der Waals surface area contributed by atoms with Crippen molar-refractivity contribution in [1.82, 2.24) is 14.7 Å². The zero-order chi connectivity index (χ0) is 20.2. The number of hydrogen-bond donors (Lipinski definition) is 0. The molecule has 0 unspecified atom stereocenters. The Hall–Kier alpha value is -2.83. The van der Waals surface area contributed by atoms with Crippen molar-refractivity contribution in [1.29, 1.82) is 0 Å². The predicted octanol–water partition coefficient (Wildman–Crippen LogP) is 3.08. The maximum Gasteiger partial charge on any atom is 0.363 e. The Balaban J connectivity index is 1.37. The average molecular weight is 397 g/mol. The predicted molar refractivity (Wildman–Crippen MR) is 107 cm³/mol. The molecule has 2 aromatic rings. The number of nitrogens with zero attached hydrogens (tertiary/aromatic N) is 3. The highest BCUT2D eigenvalue weighted by atomic mass is 16.5. The van der Waals surface area contributed by atoms with E-state index in [0.717, 1.165) is 31.1 Å². The normalized spacial score (nSPS) is 21.3. The first kappa shape index (κ1) is 19.5. The van der Waals surface area contributed by atoms with Crippen LogP contribution in [0.3, 0.4) is 0 Å². The summed E-state index contributed by atoms with van der Waals surface area (Å²) in [6.45, 7) is 1.27. The van der Waals surface area contributed by atoms with Gasteiger partial charge in [-0.2, -0.15) is 5.10 Å². The molecular formula is C22H27N3O4. The molecule has 1 aromatic heterocycles. The third-order valence-electron chi connectivity index (χ3n) is 6.09. The molecule has 1 aliphatic carbocycles. The van der Waals surface area contributed by atoms with Crippen molar-refractivity contribution in [3.63, 3.8) is 0 Å². The van der Waals surface area contributed by atoms with Gasteiger partial charge in [0.05, 0.1) is 19.0 Å². The van der Waals surface area contributed by atoms with Crippen LogP contribution in [0.2, 0.25) is 0 Å². The molecule has 1 aromatic carbocycles. The monoisotopic (exact) mass is 397 g/mol. The van der Waals surface area contributed by atoms with Gasteiger partial charge in [0.2, 0.25) is 5.69 Å². The zero-order valence-electron chi connectivity index (χ0n) is 16.8. The Morgan fingerprint density at radius 2 is 1.86 bits per heavy atom. The number of fused-ring (bicyclic) bond motifs is 1. The lowest BCUT2D eigenvalue weighted by Gasteiger charge is -2.41. The summed E-state index contributed by atoms with van der Waals surface area (Å²) >= 11 is 0. The summed E-state index contributed by atoms with van der Waals surface area (Å²) in [6, 6.07) is 9.42. The topological polar surface area (TPSA) is 73.7 Å². The number of rotatable bonds is 5. The van der Waals surface area contributed by atoms with Gasteiger partial charge in [-0.3, -0.25) is 4.79 Å². The van der Waals surface area contributed by atoms with E-state index in [1.165, 1.54) is 32.8 Å². The summed E-state index contributed by atoms with van der Waals surface area (Å²) in [5.41, 5.74) is 0.867. The second-order valence-electron chi connectivity index (χ2n) is 7.84. The van der Waals surface area contributed by atoms with Crippen LogP contribution >= 0.6 is 0 Å². The lowest BCUT2D eigenvalue weighted by atomic mass is 9.75. The second-order valence-corrected chi connectivity index (χ2v) is 7.84. The number of hydrogen-bond acceptors (Lipinski definition) is 5. The fraction of sp³-hybridized carbons (Fsp3) is 0.500. The highest BCUT2D eigenvalue weighted by Gasteiger charge is 2.33. The summed E-state index contributed by atoms with van der Waals surface area (Å²) in [5.74, 6) is 0.871. The molecule has 1 saturated carbocycles. The third-order valence-corrected chi connectivity index (χ3v) is 6.09. The van der Waals surface area contributed by atoms with Crippen molar-refractivity contribution in [3.05, 3.63) is 42.2 Å². The van der Waals surface area contributed by atoms with E-state index < -0.39 is 5.97 Å². The number of amides is 1. The summed E-state index contributed by atoms with van der Waals surface area (Å²) in [7, 11) is 1.47. The van der Waals surface area contributed by atoms with Crippen molar-refractivity contribution in [2.24, 2.45) is 11.8 Å². The molecule has 154 valence electrons. The number of likely N-dealkylation sites (tertiary alicyclic amines) is 1.